The highest BCUT2D eigenvalue weighted by atomic mass is 15.3. The van der Waals surface area contributed by atoms with Crippen LogP contribution in [-0.4, -0.2) is 23.3 Å². The third-order valence-corrected chi connectivity index (χ3v) is 3.24. The molecule has 14 heavy (non-hydrogen) atoms. The van der Waals surface area contributed by atoms with Crippen LogP contribution in [0.3, 0.4) is 0 Å². The van der Waals surface area contributed by atoms with Gasteiger partial charge in [0.25, 0.3) is 0 Å². The number of hydrogen-bond acceptors (Lipinski definition) is 4. The molecule has 4 nitrogen and oxygen atoms in total. The summed E-state index contributed by atoms with van der Waals surface area (Å²) in [6.45, 7) is 2.87. The summed E-state index contributed by atoms with van der Waals surface area (Å²) in [6, 6.07) is 2.05. The molecule has 1 aromatic rings. The van der Waals surface area contributed by atoms with Crippen molar-refractivity contribution in [2.75, 3.05) is 18.0 Å². The molecule has 3 rings (SSSR count). The van der Waals surface area contributed by atoms with E-state index in [2.05, 4.69) is 21.2 Å². The highest BCUT2D eigenvalue weighted by Crippen LogP contribution is 2.45. The van der Waals surface area contributed by atoms with Gasteiger partial charge in [-0.2, -0.15) is 5.10 Å². The first kappa shape index (κ1) is 8.17. The van der Waals surface area contributed by atoms with Gasteiger partial charge < -0.3 is 10.6 Å². The minimum Gasteiger partial charge on any atom is -0.355 e. The van der Waals surface area contributed by atoms with E-state index in [1.165, 1.54) is 6.42 Å². The summed E-state index contributed by atoms with van der Waals surface area (Å²) in [4.78, 5) is 2.32. The Morgan fingerprint density at radius 2 is 2.21 bits per heavy atom. The first-order chi connectivity index (χ1) is 6.86. The highest BCUT2D eigenvalue weighted by Gasteiger charge is 2.45. The predicted molar refractivity (Wildman–Crippen MR) is 53.7 cm³/mol. The average Bonchev–Trinajstić information content (AvgIpc) is 2.86. The molecule has 2 heterocycles. The summed E-state index contributed by atoms with van der Waals surface area (Å²) in [5, 5.41) is 8.11. The number of aromatic nitrogens is 2. The van der Waals surface area contributed by atoms with Crippen LogP contribution < -0.4 is 10.6 Å². The standard InChI is InChI=1S/C10H14N4/c11-3-7-1-10(13-12-4-7)14-5-8-2-9(8)6-14/h1,4,8-9H,2-3,5-6,11H2. The molecule has 2 aliphatic rings. The van der Waals surface area contributed by atoms with E-state index in [9.17, 15) is 0 Å². The zero-order valence-electron chi connectivity index (χ0n) is 8.06. The van der Waals surface area contributed by atoms with Gasteiger partial charge in [0.2, 0.25) is 0 Å². The van der Waals surface area contributed by atoms with Crippen molar-refractivity contribution in [3.63, 3.8) is 0 Å². The smallest absolute Gasteiger partial charge is 0.151 e. The SMILES string of the molecule is NCc1cnnc(N2CC3CC3C2)c1. The molecule has 74 valence electrons. The van der Waals surface area contributed by atoms with Gasteiger partial charge in [-0.3, -0.25) is 0 Å². The molecule has 2 unspecified atom stereocenters. The van der Waals surface area contributed by atoms with E-state index in [1.807, 2.05) is 0 Å². The normalized spacial score (nSPS) is 29.1. The summed E-state index contributed by atoms with van der Waals surface area (Å²) in [6.07, 6.45) is 3.15. The quantitative estimate of drug-likeness (QED) is 0.733. The third-order valence-electron chi connectivity index (χ3n) is 3.24. The monoisotopic (exact) mass is 190 g/mol. The lowest BCUT2D eigenvalue weighted by Crippen LogP contribution is -2.23. The summed E-state index contributed by atoms with van der Waals surface area (Å²) in [7, 11) is 0. The Morgan fingerprint density at radius 3 is 2.93 bits per heavy atom. The molecule has 2 N–H and O–H groups in total. The lowest BCUT2D eigenvalue weighted by Gasteiger charge is -2.18. The van der Waals surface area contributed by atoms with Crippen LogP contribution in [0.5, 0.6) is 0 Å². The topological polar surface area (TPSA) is 55.0 Å². The van der Waals surface area contributed by atoms with Crippen molar-refractivity contribution >= 4 is 5.82 Å². The lowest BCUT2D eigenvalue weighted by atomic mass is 10.3. The average molecular weight is 190 g/mol. The van der Waals surface area contributed by atoms with Crippen molar-refractivity contribution in [1.82, 2.24) is 10.2 Å². The van der Waals surface area contributed by atoms with Crippen LogP contribution >= 0.6 is 0 Å². The van der Waals surface area contributed by atoms with Gasteiger partial charge >= 0.3 is 0 Å². The zero-order chi connectivity index (χ0) is 9.54. The first-order valence-electron chi connectivity index (χ1n) is 5.13. The van der Waals surface area contributed by atoms with Crippen LogP contribution in [0.4, 0.5) is 5.82 Å². The number of hydrogen-bond donors (Lipinski definition) is 1. The Bertz CT molecular complexity index is 342. The van der Waals surface area contributed by atoms with Crippen molar-refractivity contribution in [2.45, 2.75) is 13.0 Å². The van der Waals surface area contributed by atoms with E-state index in [-0.39, 0.29) is 0 Å². The first-order valence-corrected chi connectivity index (χ1v) is 5.13. The van der Waals surface area contributed by atoms with Crippen molar-refractivity contribution in [3.8, 4) is 0 Å². The molecule has 1 aromatic heterocycles. The number of piperidine rings is 1. The molecule has 1 saturated carbocycles. The predicted octanol–water partition coefficient (Wildman–Crippen LogP) is 0.391. The molecule has 0 spiro atoms. The van der Waals surface area contributed by atoms with E-state index < -0.39 is 0 Å². The Hall–Kier alpha value is -1.16. The minimum atomic E-state index is 0.545. The van der Waals surface area contributed by atoms with Crippen molar-refractivity contribution in [3.05, 3.63) is 17.8 Å². The van der Waals surface area contributed by atoms with Crippen LogP contribution in [0.25, 0.3) is 0 Å². The Kier molecular flexibility index (Phi) is 1.70. The maximum absolute atomic E-state index is 5.57. The number of fused-ring (bicyclic) bond motifs is 1. The molecule has 0 bridgehead atoms. The number of nitrogens with zero attached hydrogens (tertiary/aromatic N) is 3. The second-order valence-corrected chi connectivity index (χ2v) is 4.29. The van der Waals surface area contributed by atoms with Crippen molar-refractivity contribution in [1.29, 1.82) is 0 Å². The second-order valence-electron chi connectivity index (χ2n) is 4.29. The number of nitrogens with two attached hydrogens (primary N) is 1. The third kappa shape index (κ3) is 1.26. The van der Waals surface area contributed by atoms with E-state index in [4.69, 9.17) is 5.73 Å². The Labute approximate surface area is 83.1 Å². The largest absolute Gasteiger partial charge is 0.355 e. The molecular weight excluding hydrogens is 176 g/mol. The zero-order valence-corrected chi connectivity index (χ0v) is 8.06. The van der Waals surface area contributed by atoms with Crippen molar-refractivity contribution < 1.29 is 0 Å². The minimum absolute atomic E-state index is 0.545. The van der Waals surface area contributed by atoms with E-state index >= 15 is 0 Å². The molecule has 2 fully saturated rings. The molecular formula is C10H14N4. The van der Waals surface area contributed by atoms with Gasteiger partial charge in [0, 0.05) is 19.6 Å². The summed E-state index contributed by atoms with van der Waals surface area (Å²) < 4.78 is 0. The fourth-order valence-corrected chi connectivity index (χ4v) is 2.25. The van der Waals surface area contributed by atoms with Crippen LogP contribution in [0.15, 0.2) is 12.3 Å². The maximum atomic E-state index is 5.57. The highest BCUT2D eigenvalue weighted by molar-refractivity contribution is 5.42. The molecule has 1 saturated heterocycles. The van der Waals surface area contributed by atoms with E-state index in [1.54, 1.807) is 6.20 Å². The summed E-state index contributed by atoms with van der Waals surface area (Å²) >= 11 is 0. The second kappa shape index (κ2) is 2.92. The van der Waals surface area contributed by atoms with E-state index in [0.29, 0.717) is 6.54 Å². The van der Waals surface area contributed by atoms with Crippen LogP contribution in [-0.2, 0) is 6.54 Å². The van der Waals surface area contributed by atoms with Gasteiger partial charge in [-0.05, 0) is 29.9 Å². The molecule has 0 amide bonds. The molecule has 4 heteroatoms. The lowest BCUT2D eigenvalue weighted by molar-refractivity contribution is 0.787. The molecule has 0 aromatic carbocycles. The van der Waals surface area contributed by atoms with Gasteiger partial charge in [0.15, 0.2) is 5.82 Å². The summed E-state index contributed by atoms with van der Waals surface area (Å²) in [5.41, 5.74) is 6.63. The van der Waals surface area contributed by atoms with Crippen LogP contribution in [0, 0.1) is 11.8 Å². The van der Waals surface area contributed by atoms with Gasteiger partial charge in [0.1, 0.15) is 0 Å². The van der Waals surface area contributed by atoms with Gasteiger partial charge in [-0.15, -0.1) is 5.10 Å². The van der Waals surface area contributed by atoms with E-state index in [0.717, 1.165) is 36.3 Å². The number of anilines is 1. The molecule has 2 atom stereocenters. The Balaban J connectivity index is 1.81. The molecule has 1 aliphatic heterocycles. The summed E-state index contributed by atoms with van der Waals surface area (Å²) in [5.74, 6) is 2.86. The van der Waals surface area contributed by atoms with Gasteiger partial charge in [-0.25, -0.2) is 0 Å². The Morgan fingerprint density at radius 1 is 1.43 bits per heavy atom. The van der Waals surface area contributed by atoms with Crippen molar-refractivity contribution in [2.24, 2.45) is 17.6 Å². The fraction of sp³-hybridized carbons (Fsp3) is 0.600. The molecule has 1 aliphatic carbocycles. The van der Waals surface area contributed by atoms with Gasteiger partial charge in [0.05, 0.1) is 6.20 Å². The van der Waals surface area contributed by atoms with Crippen LogP contribution in [0.2, 0.25) is 0 Å². The maximum Gasteiger partial charge on any atom is 0.151 e. The molecule has 0 radical (unpaired) electrons. The van der Waals surface area contributed by atoms with Crippen LogP contribution in [0.1, 0.15) is 12.0 Å². The fourth-order valence-electron chi connectivity index (χ4n) is 2.25. The van der Waals surface area contributed by atoms with Gasteiger partial charge in [-0.1, -0.05) is 0 Å². The number of rotatable bonds is 2.